The Morgan fingerprint density at radius 3 is 1.17 bits per heavy atom. The summed E-state index contributed by atoms with van der Waals surface area (Å²) in [4.78, 5) is 0. The molecule has 0 aliphatic heterocycles. The average molecular weight is 143 g/mol. The van der Waals surface area contributed by atoms with E-state index in [-0.39, 0.29) is 73.2 Å². The molecule has 0 amide bonds. The van der Waals surface area contributed by atoms with E-state index < -0.39 is 0 Å². The third-order valence-corrected chi connectivity index (χ3v) is 0. The molecule has 0 spiro atoms. The molecule has 6 heavy (non-hydrogen) atoms. The van der Waals surface area contributed by atoms with Gasteiger partial charge in [0.2, 0.25) is 0 Å². The molecule has 0 bridgehead atoms. The first-order valence-electron chi connectivity index (χ1n) is 1.15. The predicted molar refractivity (Wildman–Crippen MR) is 21.4 cm³/mol. The van der Waals surface area contributed by atoms with E-state index >= 15 is 0 Å². The van der Waals surface area contributed by atoms with Crippen LogP contribution in [0, 0.1) is 44.2 Å². The second-order valence-electron chi connectivity index (χ2n) is 0.577. The minimum atomic E-state index is 0. The predicted octanol–water partition coefficient (Wildman–Crippen LogP) is -2.15. The van der Waals surface area contributed by atoms with Gasteiger partial charge in [-0.05, 0) is 0 Å². The van der Waals surface area contributed by atoms with E-state index in [1.807, 2.05) is 20.3 Å². The molecule has 0 rings (SSSR count). The first kappa shape index (κ1) is 23.9. The Labute approximate surface area is 92.0 Å². The van der Waals surface area contributed by atoms with Crippen LogP contribution in [0.15, 0.2) is 0 Å². The topological polar surface area (TPSA) is 0 Å². The van der Waals surface area contributed by atoms with Crippen LogP contribution in [0.25, 0.3) is 0 Å². The van der Waals surface area contributed by atoms with Crippen LogP contribution in [0.2, 0.25) is 0 Å². The van der Waals surface area contributed by atoms with E-state index in [1.165, 1.54) is 0 Å². The van der Waals surface area contributed by atoms with Crippen molar-refractivity contribution in [3.8, 4) is 0 Å². The normalized spacial score (nSPS) is 3.00. The minimum Gasteiger partial charge on any atom is -1.00 e. The zero-order chi connectivity index (χ0) is 2.71. The van der Waals surface area contributed by atoms with Crippen molar-refractivity contribution < 1.29 is 50.1 Å². The monoisotopic (exact) mass is 142 g/mol. The van der Waals surface area contributed by atoms with E-state index in [1.54, 1.807) is 0 Å². The van der Waals surface area contributed by atoms with Crippen molar-refractivity contribution in [2.24, 2.45) is 0 Å². The van der Waals surface area contributed by atoms with Gasteiger partial charge < -0.3 is 18.8 Å². The minimum absolute atomic E-state index is 0. The summed E-state index contributed by atoms with van der Waals surface area (Å²) in [7, 11) is 0. The molecular weight excluding hydrogens is 136 g/mol. The van der Waals surface area contributed by atoms with Gasteiger partial charge in [0.15, 0.2) is 0 Å². The molecule has 0 heterocycles. The number of hydrogen-bond donors (Lipinski definition) is 0. The van der Waals surface area contributed by atoms with Crippen LogP contribution in [0.1, 0.15) is 13.8 Å². The molecule has 0 unspecified atom stereocenters. The van der Waals surface area contributed by atoms with Gasteiger partial charge >= 0.3 is 23.1 Å². The molecular formula is C3H7ArClMg. The third kappa shape index (κ3) is 33.3. The zero-order valence-corrected chi connectivity index (χ0v) is 6.89. The Balaban J connectivity index is -0.00000000667. The van der Waals surface area contributed by atoms with Crippen LogP contribution in [0.5, 0.6) is 0 Å². The number of halogens is 1. The summed E-state index contributed by atoms with van der Waals surface area (Å²) in [5.74, 6) is 0. The molecule has 0 nitrogen and oxygen atoms in total. The van der Waals surface area contributed by atoms with Crippen LogP contribution in [0.4, 0.5) is 0 Å². The molecule has 0 saturated heterocycles. The maximum Gasteiger partial charge on any atom is 2.00 e. The fourth-order valence-corrected chi connectivity index (χ4v) is 0. The maximum absolute atomic E-state index is 2.00. The van der Waals surface area contributed by atoms with Gasteiger partial charge in [0.25, 0.3) is 0 Å². The number of hydrogen-bond acceptors (Lipinski definition) is 0. The number of rotatable bonds is 0. The quantitative estimate of drug-likeness (QED) is 0.268. The van der Waals surface area contributed by atoms with Crippen molar-refractivity contribution in [3.63, 3.8) is 0 Å². The van der Waals surface area contributed by atoms with Gasteiger partial charge in [-0.15, -0.1) is 0 Å². The molecule has 0 saturated carbocycles. The smallest absolute Gasteiger partial charge is 1.00 e. The molecule has 36 valence electrons. The zero-order valence-electron chi connectivity index (χ0n) is 4.02. The summed E-state index contributed by atoms with van der Waals surface area (Å²) in [6, 6.07) is 0. The molecule has 0 N–H and O–H groups in total. The van der Waals surface area contributed by atoms with Crippen molar-refractivity contribution in [3.05, 3.63) is 6.42 Å². The molecule has 0 aliphatic rings. The first-order valence-corrected chi connectivity index (χ1v) is 1.15. The molecule has 0 fully saturated rings. The Morgan fingerprint density at radius 2 is 1.17 bits per heavy atom. The van der Waals surface area contributed by atoms with E-state index in [4.69, 9.17) is 0 Å². The fourth-order valence-electron chi connectivity index (χ4n) is 0. The average Bonchev–Trinajstić information content (AvgIpc) is 0.918. The van der Waals surface area contributed by atoms with Crippen LogP contribution < -0.4 is 12.4 Å². The van der Waals surface area contributed by atoms with E-state index in [0.717, 1.165) is 0 Å². The molecule has 0 aromatic carbocycles. The van der Waals surface area contributed by atoms with Crippen molar-refractivity contribution in [1.29, 1.82) is 0 Å². The fraction of sp³-hybridized carbons (Fsp3) is 0.667. The van der Waals surface area contributed by atoms with Gasteiger partial charge in [0.05, 0.1) is 0 Å². The summed E-state index contributed by atoms with van der Waals surface area (Å²) < 4.78 is 0. The molecule has 0 radical (unpaired) electrons. The van der Waals surface area contributed by atoms with Gasteiger partial charge in [0, 0.05) is 37.7 Å². The largest absolute Gasteiger partial charge is 2.00 e. The molecule has 0 aromatic heterocycles. The van der Waals surface area contributed by atoms with Crippen LogP contribution >= 0.6 is 0 Å². The van der Waals surface area contributed by atoms with Crippen molar-refractivity contribution in [2.45, 2.75) is 13.8 Å². The van der Waals surface area contributed by atoms with E-state index in [0.29, 0.717) is 0 Å². The SMILES string of the molecule is C[CH-]C.[Ar].[Cl-].[Mg+2]. The van der Waals surface area contributed by atoms with Crippen LogP contribution in [0.3, 0.4) is 0 Å². The van der Waals surface area contributed by atoms with Crippen LogP contribution in [-0.4, -0.2) is 23.1 Å². The summed E-state index contributed by atoms with van der Waals surface area (Å²) in [6.07, 6.45) is 2.00. The summed E-state index contributed by atoms with van der Waals surface area (Å²) in [6.45, 7) is 4.00. The van der Waals surface area contributed by atoms with E-state index in [2.05, 4.69) is 0 Å². The Bertz CT molecular complexity index is 10.8. The maximum atomic E-state index is 2.00. The first-order chi connectivity index (χ1) is 1.41. The molecule has 0 atom stereocenters. The van der Waals surface area contributed by atoms with Gasteiger partial charge in [-0.1, -0.05) is 0 Å². The summed E-state index contributed by atoms with van der Waals surface area (Å²) in [5.41, 5.74) is 0. The third-order valence-electron chi connectivity index (χ3n) is 0. The van der Waals surface area contributed by atoms with Gasteiger partial charge in [-0.3, -0.25) is 0 Å². The van der Waals surface area contributed by atoms with Gasteiger partial charge in [-0.2, -0.15) is 13.8 Å². The summed E-state index contributed by atoms with van der Waals surface area (Å²) in [5, 5.41) is 0. The second-order valence-corrected chi connectivity index (χ2v) is 0.577. The molecule has 3 heteroatoms. The molecule has 0 aliphatic carbocycles. The Kier molecular flexibility index (Phi) is 106. The molecule has 0 aromatic rings. The van der Waals surface area contributed by atoms with Crippen LogP contribution in [-0.2, 0) is 0 Å². The Morgan fingerprint density at radius 1 is 1.17 bits per heavy atom. The van der Waals surface area contributed by atoms with Gasteiger partial charge in [-0.25, -0.2) is 0 Å². The Hall–Kier alpha value is 2.32. The summed E-state index contributed by atoms with van der Waals surface area (Å²) >= 11 is 0. The van der Waals surface area contributed by atoms with Crippen molar-refractivity contribution in [1.82, 2.24) is 0 Å². The van der Waals surface area contributed by atoms with E-state index in [9.17, 15) is 0 Å². The standard InChI is InChI=1S/C3H7.Ar.ClH.Mg/c1-3-2;;;/h3H,1-2H3;;1H;/q-1;;;+2/p-1. The van der Waals surface area contributed by atoms with Crippen molar-refractivity contribution >= 4 is 23.1 Å². The van der Waals surface area contributed by atoms with Gasteiger partial charge in [0.1, 0.15) is 0 Å². The van der Waals surface area contributed by atoms with Crippen molar-refractivity contribution in [2.75, 3.05) is 0 Å². The second kappa shape index (κ2) is 26.5.